The van der Waals surface area contributed by atoms with Crippen LogP contribution < -0.4 is 10.6 Å². The van der Waals surface area contributed by atoms with Gasteiger partial charge in [0.05, 0.1) is 10.3 Å². The van der Waals surface area contributed by atoms with Crippen LogP contribution in [0.1, 0.15) is 25.1 Å². The first kappa shape index (κ1) is 20.1. The van der Waals surface area contributed by atoms with Gasteiger partial charge in [-0.2, -0.15) is 0 Å². The number of hydrogen-bond acceptors (Lipinski definition) is 3. The van der Waals surface area contributed by atoms with E-state index >= 15 is 0 Å². The van der Waals surface area contributed by atoms with Crippen molar-refractivity contribution in [3.05, 3.63) is 20.8 Å². The molecule has 7 heteroatoms. The summed E-state index contributed by atoms with van der Waals surface area (Å²) in [6.45, 7) is 8.10. The summed E-state index contributed by atoms with van der Waals surface area (Å²) in [5.41, 5.74) is 0. The predicted molar refractivity (Wildman–Crippen MR) is 101 cm³/mol. The highest BCUT2D eigenvalue weighted by Gasteiger charge is 1.99. The maximum atomic E-state index is 5.30. The maximum absolute atomic E-state index is 5.30. The molecule has 0 aliphatic carbocycles. The molecule has 0 aliphatic rings. The lowest BCUT2D eigenvalue weighted by Crippen LogP contribution is -2.38. The van der Waals surface area contributed by atoms with E-state index in [0.29, 0.717) is 6.54 Å². The van der Waals surface area contributed by atoms with Gasteiger partial charge in [0.15, 0.2) is 5.96 Å². The summed E-state index contributed by atoms with van der Waals surface area (Å²) in [5.74, 6) is 0.864. The van der Waals surface area contributed by atoms with Crippen LogP contribution >= 0.6 is 51.2 Å². The minimum Gasteiger partial charge on any atom is -0.382 e. The molecule has 1 aromatic rings. The second-order valence-electron chi connectivity index (χ2n) is 3.88. The van der Waals surface area contributed by atoms with Gasteiger partial charge < -0.3 is 15.4 Å². The highest BCUT2D eigenvalue weighted by atomic mass is 127. The number of aliphatic imine (C=N–C) groups is 1. The highest BCUT2D eigenvalue weighted by Crippen LogP contribution is 2.22. The Morgan fingerprint density at radius 2 is 2.15 bits per heavy atom. The van der Waals surface area contributed by atoms with E-state index in [2.05, 4.69) is 50.6 Å². The van der Waals surface area contributed by atoms with Crippen molar-refractivity contribution in [2.45, 2.75) is 26.8 Å². The van der Waals surface area contributed by atoms with Gasteiger partial charge in [0.2, 0.25) is 0 Å². The van der Waals surface area contributed by atoms with Crippen LogP contribution in [-0.2, 0) is 11.3 Å². The first-order chi connectivity index (χ1) is 9.26. The second-order valence-corrected chi connectivity index (χ2v) is 6.43. The lowest BCUT2D eigenvalue weighted by atomic mass is 10.4. The minimum absolute atomic E-state index is 0. The van der Waals surface area contributed by atoms with Gasteiger partial charge in [-0.05, 0) is 48.3 Å². The minimum atomic E-state index is 0. The Bertz CT molecular complexity index is 387. The summed E-state index contributed by atoms with van der Waals surface area (Å²) in [5, 5.41) is 6.55. The highest BCUT2D eigenvalue weighted by molar-refractivity contribution is 14.0. The molecule has 1 rings (SSSR count). The van der Waals surface area contributed by atoms with Crippen LogP contribution in [0.2, 0.25) is 0 Å². The molecule has 2 N–H and O–H groups in total. The Balaban J connectivity index is 0.00000361. The fourth-order valence-electron chi connectivity index (χ4n) is 1.46. The van der Waals surface area contributed by atoms with Crippen molar-refractivity contribution in [1.29, 1.82) is 0 Å². The van der Waals surface area contributed by atoms with Crippen molar-refractivity contribution < 1.29 is 4.74 Å². The number of nitrogens with zero attached hydrogens (tertiary/aromatic N) is 1. The monoisotopic (exact) mass is 475 g/mol. The zero-order valence-electron chi connectivity index (χ0n) is 11.9. The Kier molecular flexibility index (Phi) is 12.9. The number of nitrogens with one attached hydrogen (secondary N) is 2. The summed E-state index contributed by atoms with van der Waals surface area (Å²) < 4.78 is 6.45. The van der Waals surface area contributed by atoms with Crippen molar-refractivity contribution in [3.8, 4) is 0 Å². The summed E-state index contributed by atoms with van der Waals surface area (Å²) in [4.78, 5) is 5.81. The normalized spacial score (nSPS) is 11.1. The molecule has 1 aromatic heterocycles. The fraction of sp³-hybridized carbons (Fsp3) is 0.615. The van der Waals surface area contributed by atoms with E-state index in [9.17, 15) is 0 Å². The molecule has 0 unspecified atom stereocenters. The van der Waals surface area contributed by atoms with Crippen LogP contribution in [0.15, 0.2) is 20.9 Å². The van der Waals surface area contributed by atoms with Gasteiger partial charge in [-0.1, -0.05) is 0 Å². The van der Waals surface area contributed by atoms with Crippen molar-refractivity contribution in [3.63, 3.8) is 0 Å². The zero-order chi connectivity index (χ0) is 13.9. The van der Waals surface area contributed by atoms with Gasteiger partial charge in [-0.25, -0.2) is 4.99 Å². The average Bonchev–Trinajstić information content (AvgIpc) is 2.81. The number of rotatable bonds is 8. The van der Waals surface area contributed by atoms with E-state index < -0.39 is 0 Å². The van der Waals surface area contributed by atoms with Gasteiger partial charge >= 0.3 is 0 Å². The molecule has 116 valence electrons. The van der Waals surface area contributed by atoms with Gasteiger partial charge in [0, 0.05) is 31.2 Å². The largest absolute Gasteiger partial charge is 0.382 e. The predicted octanol–water partition coefficient (Wildman–Crippen LogP) is 3.61. The molecule has 0 radical (unpaired) electrons. The van der Waals surface area contributed by atoms with E-state index in [1.165, 1.54) is 4.88 Å². The molecular weight excluding hydrogens is 453 g/mol. The quantitative estimate of drug-likeness (QED) is 0.261. The van der Waals surface area contributed by atoms with Gasteiger partial charge in [-0.3, -0.25) is 0 Å². The molecule has 4 nitrogen and oxygen atoms in total. The zero-order valence-corrected chi connectivity index (χ0v) is 16.7. The molecule has 1 heterocycles. The van der Waals surface area contributed by atoms with E-state index in [1.54, 1.807) is 11.3 Å². The molecule has 0 aromatic carbocycles. The lowest BCUT2D eigenvalue weighted by Gasteiger charge is -2.10. The first-order valence-corrected chi connectivity index (χ1v) is 8.21. The lowest BCUT2D eigenvalue weighted by molar-refractivity contribution is 0.145. The van der Waals surface area contributed by atoms with E-state index in [-0.39, 0.29) is 24.0 Å². The standard InChI is InChI=1S/C13H22BrN3OS.HI/c1-3-15-13(16-8-5-9-18-4-2)17-10-11-6-7-12(14)19-11;/h6-7H,3-5,8-10H2,1-2H3,(H2,15,16,17);1H. The average molecular weight is 476 g/mol. The Morgan fingerprint density at radius 3 is 2.75 bits per heavy atom. The molecule has 0 saturated heterocycles. The third kappa shape index (κ3) is 9.15. The van der Waals surface area contributed by atoms with E-state index in [1.807, 2.05) is 6.92 Å². The van der Waals surface area contributed by atoms with Crippen LogP contribution in [0.4, 0.5) is 0 Å². The Labute approximate surface area is 150 Å². The smallest absolute Gasteiger partial charge is 0.191 e. The Morgan fingerprint density at radius 1 is 1.35 bits per heavy atom. The van der Waals surface area contributed by atoms with Crippen LogP contribution in [0.3, 0.4) is 0 Å². The van der Waals surface area contributed by atoms with Gasteiger partial charge in [-0.15, -0.1) is 35.3 Å². The summed E-state index contributed by atoms with van der Waals surface area (Å²) in [6, 6.07) is 4.15. The molecule has 0 atom stereocenters. The number of thiophene rings is 1. The number of guanidine groups is 1. The summed E-state index contributed by atoms with van der Waals surface area (Å²) >= 11 is 5.18. The third-order valence-electron chi connectivity index (χ3n) is 2.33. The van der Waals surface area contributed by atoms with Crippen LogP contribution in [0.25, 0.3) is 0 Å². The van der Waals surface area contributed by atoms with Crippen molar-refractivity contribution in [2.75, 3.05) is 26.3 Å². The fourth-order valence-corrected chi connectivity index (χ4v) is 2.87. The molecule has 0 spiro atoms. The molecule has 0 fully saturated rings. The summed E-state index contributed by atoms with van der Waals surface area (Å²) in [6.07, 6.45) is 0.989. The molecule has 20 heavy (non-hydrogen) atoms. The van der Waals surface area contributed by atoms with Crippen molar-refractivity contribution in [2.24, 2.45) is 4.99 Å². The van der Waals surface area contributed by atoms with Crippen LogP contribution in [-0.4, -0.2) is 32.3 Å². The van der Waals surface area contributed by atoms with Crippen molar-refractivity contribution >= 4 is 57.2 Å². The van der Waals surface area contributed by atoms with E-state index in [0.717, 1.165) is 42.5 Å². The van der Waals surface area contributed by atoms with Crippen LogP contribution in [0.5, 0.6) is 0 Å². The Hall–Kier alpha value is 0.140. The molecule has 0 aliphatic heterocycles. The number of halogens is 2. The third-order valence-corrected chi connectivity index (χ3v) is 3.94. The topological polar surface area (TPSA) is 45.7 Å². The van der Waals surface area contributed by atoms with Gasteiger partial charge in [0.25, 0.3) is 0 Å². The maximum Gasteiger partial charge on any atom is 0.191 e. The van der Waals surface area contributed by atoms with E-state index in [4.69, 9.17) is 4.74 Å². The SMILES string of the molecule is CCNC(=NCc1ccc(Br)s1)NCCCOCC.I. The number of hydrogen-bond donors (Lipinski definition) is 2. The van der Waals surface area contributed by atoms with Gasteiger partial charge in [0.1, 0.15) is 0 Å². The molecule has 0 bridgehead atoms. The first-order valence-electron chi connectivity index (χ1n) is 6.60. The molecule has 0 saturated carbocycles. The number of ether oxygens (including phenoxy) is 1. The second kappa shape index (κ2) is 12.8. The van der Waals surface area contributed by atoms with Crippen molar-refractivity contribution in [1.82, 2.24) is 10.6 Å². The summed E-state index contributed by atoms with van der Waals surface area (Å²) in [7, 11) is 0. The molecular formula is C13H23BrIN3OS. The van der Waals surface area contributed by atoms with Crippen LogP contribution in [0, 0.1) is 0 Å². The molecule has 0 amide bonds.